The molecule has 0 spiro atoms. The summed E-state index contributed by atoms with van der Waals surface area (Å²) in [6.45, 7) is 7.04. The molecule has 1 aliphatic heterocycles. The van der Waals surface area contributed by atoms with Gasteiger partial charge in [-0.25, -0.2) is 4.79 Å². The molecule has 0 amide bonds. The molecule has 1 saturated heterocycles. The topological polar surface area (TPSA) is 91.9 Å². The van der Waals surface area contributed by atoms with Crippen molar-refractivity contribution in [3.63, 3.8) is 0 Å². The van der Waals surface area contributed by atoms with Gasteiger partial charge in [-0.2, -0.15) is 4.98 Å². The Kier molecular flexibility index (Phi) is 6.41. The second kappa shape index (κ2) is 8.96. The summed E-state index contributed by atoms with van der Waals surface area (Å²) in [6, 6.07) is 6.57. The monoisotopic (exact) mass is 374 g/mol. The fourth-order valence-corrected chi connectivity index (χ4v) is 3.30. The summed E-state index contributed by atoms with van der Waals surface area (Å²) in [6.07, 6.45) is 1.98. The number of aliphatic hydroxyl groups is 1. The Morgan fingerprint density at radius 3 is 2.96 bits per heavy atom. The molecule has 3 rings (SSSR count). The zero-order chi connectivity index (χ0) is 19.2. The molecule has 27 heavy (non-hydrogen) atoms. The van der Waals surface area contributed by atoms with Crippen molar-refractivity contribution in [1.82, 2.24) is 14.9 Å². The maximum absolute atomic E-state index is 11.8. The van der Waals surface area contributed by atoms with Crippen molar-refractivity contribution >= 4 is 12.0 Å². The standard InChI is InChI=1S/C19H26N4O4/c1-3-26-18(25)17-13-27-19(21-17)23-9-8-22(16(12-23)7-10-24)11-15-6-4-5-14(2)20-15/h4-6,13,16,24H,3,7-12H2,1-2H3/t16-/m1/s1. The predicted octanol–water partition coefficient (Wildman–Crippen LogP) is 1.63. The van der Waals surface area contributed by atoms with Crippen LogP contribution in [-0.4, -0.2) is 64.8 Å². The lowest BCUT2D eigenvalue weighted by molar-refractivity contribution is 0.0519. The fourth-order valence-electron chi connectivity index (χ4n) is 3.30. The van der Waals surface area contributed by atoms with Gasteiger partial charge in [0, 0.05) is 44.5 Å². The molecule has 2 aromatic rings. The van der Waals surface area contributed by atoms with E-state index in [0.717, 1.165) is 31.0 Å². The Morgan fingerprint density at radius 1 is 1.37 bits per heavy atom. The summed E-state index contributed by atoms with van der Waals surface area (Å²) in [7, 11) is 0. The van der Waals surface area contributed by atoms with E-state index in [0.29, 0.717) is 25.6 Å². The highest BCUT2D eigenvalue weighted by atomic mass is 16.5. The van der Waals surface area contributed by atoms with Crippen LogP contribution in [0.4, 0.5) is 6.01 Å². The number of nitrogens with zero attached hydrogens (tertiary/aromatic N) is 4. The van der Waals surface area contributed by atoms with E-state index in [4.69, 9.17) is 9.15 Å². The minimum absolute atomic E-state index is 0.107. The minimum atomic E-state index is -0.483. The van der Waals surface area contributed by atoms with Crippen LogP contribution >= 0.6 is 0 Å². The summed E-state index contributed by atoms with van der Waals surface area (Å²) >= 11 is 0. The van der Waals surface area contributed by atoms with Gasteiger partial charge in [-0.15, -0.1) is 0 Å². The molecule has 1 aliphatic rings. The van der Waals surface area contributed by atoms with E-state index >= 15 is 0 Å². The number of hydrogen-bond donors (Lipinski definition) is 1. The van der Waals surface area contributed by atoms with Gasteiger partial charge >= 0.3 is 5.97 Å². The van der Waals surface area contributed by atoms with Crippen LogP contribution in [0.25, 0.3) is 0 Å². The molecule has 2 aromatic heterocycles. The van der Waals surface area contributed by atoms with Gasteiger partial charge in [0.25, 0.3) is 6.01 Å². The van der Waals surface area contributed by atoms with E-state index < -0.39 is 5.97 Å². The highest BCUT2D eigenvalue weighted by molar-refractivity contribution is 5.87. The third kappa shape index (κ3) is 4.84. The lowest BCUT2D eigenvalue weighted by Crippen LogP contribution is -2.53. The zero-order valence-corrected chi connectivity index (χ0v) is 15.8. The van der Waals surface area contributed by atoms with Crippen LogP contribution in [0.5, 0.6) is 0 Å². The molecular weight excluding hydrogens is 348 g/mol. The summed E-state index contributed by atoms with van der Waals surface area (Å²) in [5.41, 5.74) is 2.19. The quantitative estimate of drug-likeness (QED) is 0.731. The van der Waals surface area contributed by atoms with E-state index in [1.54, 1.807) is 6.92 Å². The number of oxazole rings is 1. The first-order valence-electron chi connectivity index (χ1n) is 9.25. The first-order chi connectivity index (χ1) is 13.1. The maximum Gasteiger partial charge on any atom is 0.360 e. The van der Waals surface area contributed by atoms with E-state index in [-0.39, 0.29) is 18.3 Å². The van der Waals surface area contributed by atoms with Crippen LogP contribution in [0.3, 0.4) is 0 Å². The number of piperazine rings is 1. The number of aryl methyl sites for hydroxylation is 1. The smallest absolute Gasteiger partial charge is 0.360 e. The van der Waals surface area contributed by atoms with Gasteiger partial charge in [-0.05, 0) is 32.4 Å². The van der Waals surface area contributed by atoms with Gasteiger partial charge in [0.1, 0.15) is 6.26 Å². The number of hydrogen-bond acceptors (Lipinski definition) is 8. The molecule has 0 bridgehead atoms. The third-order valence-electron chi connectivity index (χ3n) is 4.63. The Labute approximate surface area is 158 Å². The second-order valence-corrected chi connectivity index (χ2v) is 6.59. The number of rotatable bonds is 7. The normalized spacial score (nSPS) is 17.9. The van der Waals surface area contributed by atoms with Crippen LogP contribution in [0, 0.1) is 6.92 Å². The van der Waals surface area contributed by atoms with Crippen molar-refractivity contribution in [2.75, 3.05) is 37.7 Å². The summed E-state index contributed by atoms with van der Waals surface area (Å²) in [5.74, 6) is -0.483. The Bertz CT molecular complexity index is 764. The first-order valence-corrected chi connectivity index (χ1v) is 9.25. The van der Waals surface area contributed by atoms with Crippen LogP contribution in [-0.2, 0) is 11.3 Å². The Hall–Kier alpha value is -2.45. The minimum Gasteiger partial charge on any atom is -0.461 e. The van der Waals surface area contributed by atoms with Crippen LogP contribution in [0.1, 0.15) is 35.2 Å². The Morgan fingerprint density at radius 2 is 2.22 bits per heavy atom. The molecule has 8 nitrogen and oxygen atoms in total. The van der Waals surface area contributed by atoms with Gasteiger partial charge in [-0.1, -0.05) is 6.07 Å². The third-order valence-corrected chi connectivity index (χ3v) is 4.63. The SMILES string of the molecule is CCOC(=O)c1coc(N2CCN(Cc3cccc(C)n3)[C@H](CCO)C2)n1. The van der Waals surface area contributed by atoms with E-state index in [1.807, 2.05) is 30.0 Å². The lowest BCUT2D eigenvalue weighted by atomic mass is 10.1. The van der Waals surface area contributed by atoms with Crippen LogP contribution in [0.15, 0.2) is 28.9 Å². The number of pyridine rings is 1. The van der Waals surface area contributed by atoms with Crippen molar-refractivity contribution in [3.8, 4) is 0 Å². The van der Waals surface area contributed by atoms with Crippen molar-refractivity contribution in [1.29, 1.82) is 0 Å². The number of ether oxygens (including phenoxy) is 1. The molecule has 146 valence electrons. The molecule has 8 heteroatoms. The molecule has 1 N–H and O–H groups in total. The summed E-state index contributed by atoms with van der Waals surface area (Å²) in [4.78, 5) is 24.9. The van der Waals surface area contributed by atoms with Crippen molar-refractivity contribution in [2.24, 2.45) is 0 Å². The van der Waals surface area contributed by atoms with Gasteiger partial charge in [0.15, 0.2) is 5.69 Å². The van der Waals surface area contributed by atoms with Crippen molar-refractivity contribution in [2.45, 2.75) is 32.9 Å². The van der Waals surface area contributed by atoms with Gasteiger partial charge in [-0.3, -0.25) is 9.88 Å². The molecule has 0 radical (unpaired) electrons. The van der Waals surface area contributed by atoms with E-state index in [1.165, 1.54) is 6.26 Å². The number of carbonyl (C=O) groups excluding carboxylic acids is 1. The van der Waals surface area contributed by atoms with Gasteiger partial charge < -0.3 is 19.2 Å². The van der Waals surface area contributed by atoms with Crippen LogP contribution < -0.4 is 4.90 Å². The average Bonchev–Trinajstić information content (AvgIpc) is 3.14. The molecule has 1 fully saturated rings. The molecule has 0 saturated carbocycles. The summed E-state index contributed by atoms with van der Waals surface area (Å²) in [5, 5.41) is 9.48. The Balaban J connectivity index is 1.67. The molecule has 0 aliphatic carbocycles. The summed E-state index contributed by atoms with van der Waals surface area (Å²) < 4.78 is 10.4. The molecule has 0 aromatic carbocycles. The molecular formula is C19H26N4O4. The highest BCUT2D eigenvalue weighted by Crippen LogP contribution is 2.22. The number of carbonyl (C=O) groups is 1. The van der Waals surface area contributed by atoms with E-state index in [2.05, 4.69) is 14.9 Å². The lowest BCUT2D eigenvalue weighted by Gasteiger charge is -2.40. The fraction of sp³-hybridized carbons (Fsp3) is 0.526. The first kappa shape index (κ1) is 19.3. The number of esters is 1. The van der Waals surface area contributed by atoms with Crippen molar-refractivity contribution in [3.05, 3.63) is 41.5 Å². The number of aliphatic hydroxyl groups excluding tert-OH is 1. The second-order valence-electron chi connectivity index (χ2n) is 6.59. The molecule has 3 heterocycles. The van der Waals surface area contributed by atoms with Crippen molar-refractivity contribution < 1.29 is 19.1 Å². The predicted molar refractivity (Wildman–Crippen MR) is 99.5 cm³/mol. The maximum atomic E-state index is 11.8. The van der Waals surface area contributed by atoms with E-state index in [9.17, 15) is 9.90 Å². The highest BCUT2D eigenvalue weighted by Gasteiger charge is 2.29. The van der Waals surface area contributed by atoms with Gasteiger partial charge in [0.05, 0.1) is 12.3 Å². The number of aromatic nitrogens is 2. The zero-order valence-electron chi connectivity index (χ0n) is 15.8. The average molecular weight is 374 g/mol. The molecule has 1 atom stereocenters. The molecule has 0 unspecified atom stereocenters. The number of anilines is 1. The van der Waals surface area contributed by atoms with Gasteiger partial charge in [0.2, 0.25) is 0 Å². The van der Waals surface area contributed by atoms with Crippen LogP contribution in [0.2, 0.25) is 0 Å². The largest absolute Gasteiger partial charge is 0.461 e.